The maximum atomic E-state index is 12.1. The van der Waals surface area contributed by atoms with Crippen molar-refractivity contribution in [2.75, 3.05) is 7.11 Å². The number of aliphatic hydroxyl groups is 1. The van der Waals surface area contributed by atoms with Crippen molar-refractivity contribution in [3.05, 3.63) is 71.2 Å². The van der Waals surface area contributed by atoms with Gasteiger partial charge in [-0.25, -0.2) is 0 Å². The van der Waals surface area contributed by atoms with Crippen molar-refractivity contribution in [3.8, 4) is 24.0 Å². The van der Waals surface area contributed by atoms with E-state index in [0.29, 0.717) is 5.75 Å². The number of methoxy groups -OCH3 is 1. The molecule has 1 aromatic carbocycles. The summed E-state index contributed by atoms with van der Waals surface area (Å²) in [7, 11) is 1.56. The Morgan fingerprint density at radius 3 is 2.34 bits per heavy atom. The van der Waals surface area contributed by atoms with Crippen LogP contribution in [0.3, 0.4) is 0 Å². The Morgan fingerprint density at radius 2 is 1.78 bits per heavy atom. The molecule has 0 saturated heterocycles. The van der Waals surface area contributed by atoms with Crippen LogP contribution in [0.2, 0.25) is 0 Å². The Hall–Kier alpha value is -3.86. The summed E-state index contributed by atoms with van der Waals surface area (Å²) in [4.78, 5) is 0. The van der Waals surface area contributed by atoms with Gasteiger partial charge in [0.25, 0.3) is 0 Å². The van der Waals surface area contributed by atoms with Crippen LogP contribution in [0.25, 0.3) is 0 Å². The van der Waals surface area contributed by atoms with Gasteiger partial charge in [-0.1, -0.05) is 18.2 Å². The zero-order valence-corrected chi connectivity index (χ0v) is 18.0. The molecule has 0 amide bonds. The smallest absolute Gasteiger partial charge is 0.217 e. The normalized spacial score (nSPS) is 24.8. The number of allylic oxidation sites excluding steroid dienone is 2. The summed E-state index contributed by atoms with van der Waals surface area (Å²) >= 11 is 0. The number of benzene rings is 1. The number of hydrogen-bond acceptors (Lipinski definition) is 6. The van der Waals surface area contributed by atoms with E-state index in [-0.39, 0.29) is 17.2 Å². The maximum absolute atomic E-state index is 12.1. The highest BCUT2D eigenvalue weighted by atomic mass is 16.5. The lowest BCUT2D eigenvalue weighted by molar-refractivity contribution is -0.742. The molecule has 3 unspecified atom stereocenters. The molecule has 3 atom stereocenters. The predicted molar refractivity (Wildman–Crippen MR) is 114 cm³/mol. The second-order valence-corrected chi connectivity index (χ2v) is 8.34. The number of ether oxygens (including phenoxy) is 1. The highest BCUT2D eigenvalue weighted by Crippen LogP contribution is 2.53. The molecule has 4 rings (SSSR count). The largest absolute Gasteiger partial charge is 0.496 e. The van der Waals surface area contributed by atoms with E-state index in [9.17, 15) is 20.9 Å². The Balaban J connectivity index is 2.05. The highest BCUT2D eigenvalue weighted by molar-refractivity contribution is 5.51. The van der Waals surface area contributed by atoms with Crippen LogP contribution in [0.15, 0.2) is 60.1 Å². The second-order valence-electron chi connectivity index (χ2n) is 8.34. The molecular formula is C25H24N5O2+. The third kappa shape index (κ3) is 3.46. The average Bonchev–Trinajstić information content (AvgIpc) is 3.66. The first kappa shape index (κ1) is 21.4. The number of nitrogens with one attached hydrogen (secondary N) is 1. The summed E-state index contributed by atoms with van der Waals surface area (Å²) in [6.45, 7) is 1.98. The van der Waals surface area contributed by atoms with Gasteiger partial charge in [-0.2, -0.15) is 20.4 Å². The monoisotopic (exact) mass is 426 g/mol. The number of para-hydroxylation sites is 1. The average molecular weight is 427 g/mol. The van der Waals surface area contributed by atoms with Crippen LogP contribution < -0.4 is 14.6 Å². The molecule has 7 heteroatoms. The fourth-order valence-electron chi connectivity index (χ4n) is 4.67. The molecule has 2 aliphatic rings. The molecule has 1 fully saturated rings. The van der Waals surface area contributed by atoms with Crippen molar-refractivity contribution in [2.24, 2.45) is 11.8 Å². The standard InChI is InChI=1S/C25H24N5O2/c1-16-9-11-30(12-10-16)24-22(19-5-3-4-6-21(19)32-2)20(15-28)23(17(13-26)14-27)29-25(24,31)18-7-8-18/h3-6,9-12,17-18,22,24,29,31H,7-8H2,1-2H3/q+1. The molecule has 0 radical (unpaired) electrons. The number of nitrogens with zero attached hydrogens (tertiary/aromatic N) is 4. The Morgan fingerprint density at radius 1 is 1.12 bits per heavy atom. The van der Waals surface area contributed by atoms with Crippen LogP contribution in [0.1, 0.15) is 35.9 Å². The first-order valence-electron chi connectivity index (χ1n) is 10.5. The fraction of sp³-hybridized carbons (Fsp3) is 0.360. The molecule has 1 aromatic heterocycles. The van der Waals surface area contributed by atoms with E-state index in [1.807, 2.05) is 72.4 Å². The Kier molecular flexibility index (Phi) is 5.57. The fourth-order valence-corrected chi connectivity index (χ4v) is 4.67. The van der Waals surface area contributed by atoms with Crippen LogP contribution in [-0.2, 0) is 0 Å². The van der Waals surface area contributed by atoms with Crippen molar-refractivity contribution >= 4 is 0 Å². The SMILES string of the molecule is COc1ccccc1C1C(C#N)=C(C(C#N)C#N)NC(O)(C2CC2)C1[n+]1ccc(C)cc1. The molecule has 2 aromatic rings. The summed E-state index contributed by atoms with van der Waals surface area (Å²) in [5.41, 5.74) is 0.766. The summed E-state index contributed by atoms with van der Waals surface area (Å²) in [6.07, 6.45) is 5.40. The lowest BCUT2D eigenvalue weighted by Gasteiger charge is -2.43. The molecule has 1 saturated carbocycles. The van der Waals surface area contributed by atoms with Gasteiger partial charge >= 0.3 is 0 Å². The predicted octanol–water partition coefficient (Wildman–Crippen LogP) is 2.76. The van der Waals surface area contributed by atoms with Crippen LogP contribution in [0, 0.1) is 52.8 Å². The van der Waals surface area contributed by atoms with Crippen molar-refractivity contribution in [3.63, 3.8) is 0 Å². The van der Waals surface area contributed by atoms with Gasteiger partial charge in [-0.05, 0) is 31.4 Å². The van der Waals surface area contributed by atoms with E-state index in [4.69, 9.17) is 4.74 Å². The van der Waals surface area contributed by atoms with Gasteiger partial charge in [0.2, 0.25) is 11.8 Å². The minimum Gasteiger partial charge on any atom is -0.496 e. The van der Waals surface area contributed by atoms with Crippen molar-refractivity contribution in [1.82, 2.24) is 5.32 Å². The molecule has 2 heterocycles. The van der Waals surface area contributed by atoms with Crippen molar-refractivity contribution < 1.29 is 14.4 Å². The summed E-state index contributed by atoms with van der Waals surface area (Å²) in [5, 5.41) is 44.6. The number of rotatable bonds is 5. The van der Waals surface area contributed by atoms with Crippen molar-refractivity contribution in [1.29, 1.82) is 15.8 Å². The highest BCUT2D eigenvalue weighted by Gasteiger charge is 2.62. The summed E-state index contributed by atoms with van der Waals surface area (Å²) < 4.78 is 7.53. The number of hydrogen-bond donors (Lipinski definition) is 2. The van der Waals surface area contributed by atoms with Gasteiger partial charge in [0, 0.05) is 23.6 Å². The van der Waals surface area contributed by atoms with Crippen LogP contribution in [0.4, 0.5) is 0 Å². The minimum atomic E-state index is -1.45. The Bertz CT molecular complexity index is 1170. The van der Waals surface area contributed by atoms with E-state index >= 15 is 0 Å². The second kappa shape index (κ2) is 8.35. The van der Waals surface area contributed by atoms with Gasteiger partial charge < -0.3 is 15.2 Å². The molecule has 1 aliphatic heterocycles. The van der Waals surface area contributed by atoms with E-state index in [1.165, 1.54) is 0 Å². The van der Waals surface area contributed by atoms with Gasteiger partial charge in [-0.3, -0.25) is 0 Å². The third-order valence-corrected chi connectivity index (χ3v) is 6.38. The quantitative estimate of drug-likeness (QED) is 0.710. The zero-order chi connectivity index (χ0) is 22.9. The van der Waals surface area contributed by atoms with Gasteiger partial charge in [-0.15, -0.1) is 0 Å². The molecule has 0 bridgehead atoms. The molecule has 7 nitrogen and oxygen atoms in total. The lowest BCUT2D eigenvalue weighted by Crippen LogP contribution is -2.66. The van der Waals surface area contributed by atoms with Crippen LogP contribution >= 0.6 is 0 Å². The van der Waals surface area contributed by atoms with Crippen LogP contribution in [-0.4, -0.2) is 17.9 Å². The summed E-state index contributed by atoms with van der Waals surface area (Å²) in [5.74, 6) is -1.33. The first-order chi connectivity index (χ1) is 15.5. The molecule has 2 N–H and O–H groups in total. The first-order valence-corrected chi connectivity index (χ1v) is 10.5. The van der Waals surface area contributed by atoms with E-state index in [0.717, 1.165) is 24.0 Å². The number of aryl methyl sites for hydroxylation is 1. The Labute approximate surface area is 187 Å². The van der Waals surface area contributed by atoms with Crippen molar-refractivity contribution in [2.45, 2.75) is 37.5 Å². The molecule has 160 valence electrons. The summed E-state index contributed by atoms with van der Waals surface area (Å²) in [6, 6.07) is 16.9. The minimum absolute atomic E-state index is 0.0770. The maximum Gasteiger partial charge on any atom is 0.217 e. The van der Waals surface area contributed by atoms with Gasteiger partial charge in [0.05, 0.1) is 42.5 Å². The molecule has 1 aliphatic carbocycles. The molecule has 32 heavy (non-hydrogen) atoms. The molecular weight excluding hydrogens is 402 g/mol. The number of nitriles is 3. The van der Waals surface area contributed by atoms with Crippen LogP contribution in [0.5, 0.6) is 5.75 Å². The zero-order valence-electron chi connectivity index (χ0n) is 18.0. The van der Waals surface area contributed by atoms with E-state index in [1.54, 1.807) is 7.11 Å². The number of aromatic nitrogens is 1. The lowest BCUT2D eigenvalue weighted by atomic mass is 9.73. The van der Waals surface area contributed by atoms with E-state index < -0.39 is 23.6 Å². The number of pyridine rings is 1. The molecule has 0 spiro atoms. The van der Waals surface area contributed by atoms with Gasteiger partial charge in [0.15, 0.2) is 18.3 Å². The third-order valence-electron chi connectivity index (χ3n) is 6.38. The van der Waals surface area contributed by atoms with E-state index in [2.05, 4.69) is 11.4 Å². The topological polar surface area (TPSA) is 117 Å². The van der Waals surface area contributed by atoms with Gasteiger partial charge in [0.1, 0.15) is 5.75 Å².